The van der Waals surface area contributed by atoms with Crippen molar-refractivity contribution in [2.45, 2.75) is 37.2 Å². The van der Waals surface area contributed by atoms with E-state index in [4.69, 9.17) is 14.2 Å². The van der Waals surface area contributed by atoms with Gasteiger partial charge in [0.15, 0.2) is 9.84 Å². The molecule has 2 saturated heterocycles. The lowest BCUT2D eigenvalue weighted by atomic mass is 9.99. The fourth-order valence-corrected chi connectivity index (χ4v) is 9.04. The fourth-order valence-electron chi connectivity index (χ4n) is 8.41. The number of phenols is 1. The van der Waals surface area contributed by atoms with Gasteiger partial charge in [-0.1, -0.05) is 31.2 Å². The summed E-state index contributed by atoms with van der Waals surface area (Å²) in [5.41, 5.74) is 4.13. The summed E-state index contributed by atoms with van der Waals surface area (Å²) in [5, 5.41) is 14.1. The first kappa shape index (κ1) is 43.6. The first-order valence-electron chi connectivity index (χ1n) is 21.5. The second-order valence-corrected chi connectivity index (χ2v) is 18.2. The van der Waals surface area contributed by atoms with Gasteiger partial charge in [-0.05, 0) is 102 Å². The normalized spacial score (nSPS) is 17.1. The van der Waals surface area contributed by atoms with Gasteiger partial charge in [-0.25, -0.2) is 8.42 Å². The van der Waals surface area contributed by atoms with Gasteiger partial charge in [0.2, 0.25) is 11.8 Å². The lowest BCUT2D eigenvalue weighted by Gasteiger charge is -2.36. The molecular formula is C48H53N5O9S. The Labute approximate surface area is 367 Å². The van der Waals surface area contributed by atoms with Crippen LogP contribution in [0.15, 0.2) is 102 Å². The number of aromatic hydroxyl groups is 1. The minimum absolute atomic E-state index is 0.149. The summed E-state index contributed by atoms with van der Waals surface area (Å²) in [6.07, 6.45) is 1.78. The number of sulfone groups is 1. The number of nitrogens with zero attached hydrogens (tertiary/aromatic N) is 4. The highest BCUT2D eigenvalue weighted by molar-refractivity contribution is 7.90. The number of rotatable bonds is 17. The van der Waals surface area contributed by atoms with Crippen LogP contribution in [-0.4, -0.2) is 130 Å². The molecule has 0 bridgehead atoms. The van der Waals surface area contributed by atoms with Crippen molar-refractivity contribution in [2.75, 3.05) is 83.3 Å². The van der Waals surface area contributed by atoms with E-state index in [9.17, 15) is 27.9 Å². The lowest BCUT2D eigenvalue weighted by molar-refractivity contribution is -0.136. The molecule has 0 aliphatic carbocycles. The van der Waals surface area contributed by atoms with Crippen LogP contribution >= 0.6 is 0 Å². The molecule has 3 aliphatic heterocycles. The van der Waals surface area contributed by atoms with E-state index < -0.39 is 21.8 Å². The van der Waals surface area contributed by atoms with Crippen molar-refractivity contribution in [1.29, 1.82) is 0 Å². The number of carbonyl (C=O) groups is 3. The molecule has 3 heterocycles. The van der Waals surface area contributed by atoms with Crippen LogP contribution in [0.2, 0.25) is 0 Å². The molecule has 2 N–H and O–H groups in total. The van der Waals surface area contributed by atoms with Gasteiger partial charge in [-0.2, -0.15) is 0 Å². The van der Waals surface area contributed by atoms with Gasteiger partial charge in [0.05, 0.1) is 18.1 Å². The number of hydrogen-bond acceptors (Lipinski definition) is 12. The number of carbonyl (C=O) groups excluding carboxylic acids is 3. The molecule has 0 saturated carbocycles. The maximum atomic E-state index is 13.3. The summed E-state index contributed by atoms with van der Waals surface area (Å²) in [5.74, 6) is 1.22. The van der Waals surface area contributed by atoms with Crippen molar-refractivity contribution in [3.8, 4) is 34.1 Å². The molecule has 3 aliphatic rings. The Morgan fingerprint density at radius 1 is 0.810 bits per heavy atom. The highest BCUT2D eigenvalue weighted by atomic mass is 32.2. The Morgan fingerprint density at radius 2 is 1.56 bits per heavy atom. The molecule has 330 valence electrons. The van der Waals surface area contributed by atoms with Gasteiger partial charge < -0.3 is 29.1 Å². The first-order valence-corrected chi connectivity index (χ1v) is 23.3. The summed E-state index contributed by atoms with van der Waals surface area (Å²) >= 11 is 0. The van der Waals surface area contributed by atoms with Crippen LogP contribution in [0.4, 0.5) is 5.69 Å². The van der Waals surface area contributed by atoms with Crippen LogP contribution in [0, 0.1) is 0 Å². The molecule has 0 radical (unpaired) electrons. The number of piperidine rings is 1. The van der Waals surface area contributed by atoms with Gasteiger partial charge in [0, 0.05) is 87.2 Å². The molecule has 8 rings (SSSR count). The van der Waals surface area contributed by atoms with Crippen LogP contribution in [0.1, 0.15) is 35.7 Å². The molecule has 0 aromatic heterocycles. The second-order valence-electron chi connectivity index (χ2n) is 16.2. The van der Waals surface area contributed by atoms with Crippen LogP contribution in [0.3, 0.4) is 0 Å². The van der Waals surface area contributed by atoms with Gasteiger partial charge >= 0.3 is 0 Å². The van der Waals surface area contributed by atoms with Crippen molar-refractivity contribution in [2.24, 2.45) is 0 Å². The predicted molar refractivity (Wildman–Crippen MR) is 240 cm³/mol. The van der Waals surface area contributed by atoms with Gasteiger partial charge in [-0.3, -0.25) is 29.5 Å². The van der Waals surface area contributed by atoms with Gasteiger partial charge in [-0.15, -0.1) is 0 Å². The highest BCUT2D eigenvalue weighted by Gasteiger charge is 2.39. The maximum absolute atomic E-state index is 13.3. The molecule has 63 heavy (non-hydrogen) atoms. The SMILES string of the molecule is CCN(CCOCCN1CCN(c2ccc3c(c2)C(=O)N(C2CCC(=O)NC2=O)C3)CC1)CCOc1ccc(Oc2c(-c3ccc(S(C)(=O)=O)cc3)ccc3cc(O)ccc23)cc1. The third kappa shape index (κ3) is 10.3. The number of likely N-dealkylation sites (N-methyl/N-ethyl adjacent to an activating group) is 1. The number of piperazine rings is 1. The van der Waals surface area contributed by atoms with E-state index in [1.54, 1.807) is 41.3 Å². The van der Waals surface area contributed by atoms with Crippen LogP contribution in [0.25, 0.3) is 21.9 Å². The van der Waals surface area contributed by atoms with Crippen LogP contribution < -0.4 is 19.7 Å². The average Bonchev–Trinajstić information content (AvgIpc) is 3.60. The number of hydrogen-bond donors (Lipinski definition) is 2. The number of ether oxygens (including phenoxy) is 3. The lowest BCUT2D eigenvalue weighted by Crippen LogP contribution is -2.52. The number of amides is 3. The van der Waals surface area contributed by atoms with E-state index >= 15 is 0 Å². The van der Waals surface area contributed by atoms with Gasteiger partial charge in [0.25, 0.3) is 5.91 Å². The maximum Gasteiger partial charge on any atom is 0.255 e. The van der Waals surface area contributed by atoms with Gasteiger partial charge in [0.1, 0.15) is 35.6 Å². The molecule has 1 atom stereocenters. The van der Waals surface area contributed by atoms with Crippen LogP contribution in [-0.2, 0) is 30.7 Å². The van der Waals surface area contributed by atoms with E-state index in [-0.39, 0.29) is 28.9 Å². The molecule has 0 spiro atoms. The summed E-state index contributed by atoms with van der Waals surface area (Å²) in [4.78, 5) is 46.2. The molecule has 15 heteroatoms. The predicted octanol–water partition coefficient (Wildman–Crippen LogP) is 5.71. The quantitative estimate of drug-likeness (QED) is 0.0868. The highest BCUT2D eigenvalue weighted by Crippen LogP contribution is 2.41. The zero-order valence-electron chi connectivity index (χ0n) is 35.6. The topological polar surface area (TPSA) is 158 Å². The molecule has 3 amide bonds. The molecule has 14 nitrogen and oxygen atoms in total. The number of imide groups is 1. The standard InChI is InChI=1S/C48H53N5O9S/c1-3-50(24-27-60-28-25-51-20-22-52(23-21-51)36-8-4-35-32-53(48(57)43(35)31-36)44-18-19-45(55)49-47(44)56)26-29-61-38-10-12-39(13-11-38)62-46-41(16-7-34-30-37(54)9-17-42(34)46)33-5-14-40(15-6-33)63(2,58)59/h4-17,30-31,44,54H,3,18-29,32H2,1-2H3,(H,49,55,56). The second kappa shape index (κ2) is 19.2. The number of phenolic OH excluding ortho intramolecular Hbond substituents is 1. The Balaban J connectivity index is 0.755. The van der Waals surface area contributed by atoms with Crippen LogP contribution in [0.5, 0.6) is 23.0 Å². The minimum Gasteiger partial charge on any atom is -0.508 e. The van der Waals surface area contributed by atoms with Crippen molar-refractivity contribution in [3.63, 3.8) is 0 Å². The van der Waals surface area contributed by atoms with Crippen molar-refractivity contribution >= 4 is 44.0 Å². The van der Waals surface area contributed by atoms with E-state index in [1.165, 1.54) is 6.26 Å². The summed E-state index contributed by atoms with van der Waals surface area (Å²) < 4.78 is 42.8. The monoisotopic (exact) mass is 875 g/mol. The summed E-state index contributed by atoms with van der Waals surface area (Å²) in [6.45, 7) is 11.0. The molecule has 5 aromatic carbocycles. The zero-order chi connectivity index (χ0) is 44.1. The van der Waals surface area contributed by atoms with E-state index in [1.807, 2.05) is 54.6 Å². The number of fused-ring (bicyclic) bond motifs is 2. The molecular weight excluding hydrogens is 823 g/mol. The largest absolute Gasteiger partial charge is 0.508 e. The average molecular weight is 876 g/mol. The fraction of sp³-hybridized carbons (Fsp3) is 0.354. The Morgan fingerprint density at radius 3 is 2.29 bits per heavy atom. The number of benzene rings is 5. The minimum atomic E-state index is -3.34. The third-order valence-corrected chi connectivity index (χ3v) is 13.2. The molecule has 2 fully saturated rings. The summed E-state index contributed by atoms with van der Waals surface area (Å²) in [6, 6.07) is 28.5. The van der Waals surface area contributed by atoms with E-state index in [0.29, 0.717) is 49.8 Å². The smallest absolute Gasteiger partial charge is 0.255 e. The Bertz CT molecular complexity index is 2580. The van der Waals surface area contributed by atoms with Crippen molar-refractivity contribution < 1.29 is 42.1 Å². The zero-order valence-corrected chi connectivity index (χ0v) is 36.4. The third-order valence-electron chi connectivity index (χ3n) is 12.1. The number of nitrogens with one attached hydrogen (secondary N) is 1. The first-order chi connectivity index (χ1) is 30.4. The van der Waals surface area contributed by atoms with E-state index in [0.717, 1.165) is 91.3 Å². The molecule has 1 unspecified atom stereocenters. The van der Waals surface area contributed by atoms with Crippen molar-refractivity contribution in [3.05, 3.63) is 108 Å². The van der Waals surface area contributed by atoms with E-state index in [2.05, 4.69) is 33.0 Å². The Kier molecular flexibility index (Phi) is 13.3. The Hall–Kier alpha value is -6.00. The number of anilines is 1. The molecule has 5 aromatic rings. The summed E-state index contributed by atoms with van der Waals surface area (Å²) in [7, 11) is -3.34. The van der Waals surface area contributed by atoms with Crippen molar-refractivity contribution in [1.82, 2.24) is 20.0 Å².